The molecule has 0 unspecified atom stereocenters. The topological polar surface area (TPSA) is 42.0 Å². The second-order valence-electron chi connectivity index (χ2n) is 7.64. The molecule has 0 atom stereocenters. The number of carbonyl (C=O) groups excluding carboxylic acids is 1. The number of carbonyl (C=O) groups is 1. The number of fused-ring (bicyclic) bond motifs is 1. The van der Waals surface area contributed by atoms with Gasteiger partial charge in [-0.3, -0.25) is 9.78 Å². The maximum Gasteiger partial charge on any atom is 0.255 e. The Morgan fingerprint density at radius 1 is 1.00 bits per heavy atom. The zero-order valence-corrected chi connectivity index (χ0v) is 15.7. The van der Waals surface area contributed by atoms with E-state index in [1.54, 1.807) is 6.20 Å². The highest BCUT2D eigenvalue weighted by atomic mass is 16.1. The van der Waals surface area contributed by atoms with Crippen LogP contribution in [-0.2, 0) is 0 Å². The fraction of sp³-hybridized carbons (Fsp3) is 0.217. The molecule has 3 rings (SSSR count). The lowest BCUT2D eigenvalue weighted by Crippen LogP contribution is -2.11. The molecular formula is C23H24N2O. The standard InChI is InChI=1S/C23H24N2O/c1-16(15-23(2,3)4)17-7-9-18(10-8-17)22(26)25-20-11-12-21-19(14-20)6-5-13-24-21/h5-15H,1-4H3,(H,25,26)/b16-15-. The van der Waals surface area contributed by atoms with E-state index in [0.29, 0.717) is 5.56 Å². The lowest BCUT2D eigenvalue weighted by Gasteiger charge is -2.14. The van der Waals surface area contributed by atoms with Crippen molar-refractivity contribution < 1.29 is 4.79 Å². The molecule has 0 spiro atoms. The number of nitrogens with one attached hydrogen (secondary N) is 1. The van der Waals surface area contributed by atoms with Crippen molar-refractivity contribution >= 4 is 28.1 Å². The van der Waals surface area contributed by atoms with Crippen LogP contribution in [0.25, 0.3) is 16.5 Å². The largest absolute Gasteiger partial charge is 0.322 e. The van der Waals surface area contributed by atoms with Gasteiger partial charge < -0.3 is 5.32 Å². The molecule has 0 radical (unpaired) electrons. The number of rotatable bonds is 3. The van der Waals surface area contributed by atoms with Crippen LogP contribution in [0.2, 0.25) is 0 Å². The molecule has 0 fully saturated rings. The van der Waals surface area contributed by atoms with E-state index in [1.807, 2.05) is 54.6 Å². The molecule has 0 bridgehead atoms. The van der Waals surface area contributed by atoms with E-state index < -0.39 is 0 Å². The number of allylic oxidation sites excluding steroid dienone is 2. The number of hydrogen-bond acceptors (Lipinski definition) is 2. The number of pyridine rings is 1. The Kier molecular flexibility index (Phi) is 4.90. The number of hydrogen-bond donors (Lipinski definition) is 1. The summed E-state index contributed by atoms with van der Waals surface area (Å²) in [6.45, 7) is 8.63. The Morgan fingerprint density at radius 3 is 2.38 bits per heavy atom. The Labute approximate surface area is 154 Å². The normalized spacial score (nSPS) is 12.2. The first-order chi connectivity index (χ1) is 12.3. The second kappa shape index (κ2) is 7.12. The van der Waals surface area contributed by atoms with Crippen molar-refractivity contribution in [3.05, 3.63) is 78.0 Å². The second-order valence-corrected chi connectivity index (χ2v) is 7.64. The van der Waals surface area contributed by atoms with Crippen molar-refractivity contribution in [1.82, 2.24) is 4.98 Å². The number of anilines is 1. The van der Waals surface area contributed by atoms with Crippen LogP contribution in [0.1, 0.15) is 43.6 Å². The maximum absolute atomic E-state index is 12.5. The summed E-state index contributed by atoms with van der Waals surface area (Å²) in [6, 6.07) is 17.3. The average molecular weight is 344 g/mol. The van der Waals surface area contributed by atoms with Gasteiger partial charge in [0.15, 0.2) is 0 Å². The summed E-state index contributed by atoms with van der Waals surface area (Å²) in [7, 11) is 0. The average Bonchev–Trinajstić information content (AvgIpc) is 2.60. The van der Waals surface area contributed by atoms with Gasteiger partial charge >= 0.3 is 0 Å². The molecule has 26 heavy (non-hydrogen) atoms. The van der Waals surface area contributed by atoms with Crippen molar-refractivity contribution in [2.75, 3.05) is 5.32 Å². The van der Waals surface area contributed by atoms with Crippen LogP contribution in [0.3, 0.4) is 0 Å². The summed E-state index contributed by atoms with van der Waals surface area (Å²) in [4.78, 5) is 16.8. The summed E-state index contributed by atoms with van der Waals surface area (Å²) >= 11 is 0. The third kappa shape index (κ3) is 4.37. The van der Waals surface area contributed by atoms with Gasteiger partial charge in [0.25, 0.3) is 5.91 Å². The van der Waals surface area contributed by atoms with E-state index in [4.69, 9.17) is 0 Å². The first-order valence-electron chi connectivity index (χ1n) is 8.78. The molecule has 132 valence electrons. The molecule has 0 saturated heterocycles. The van der Waals surface area contributed by atoms with Gasteiger partial charge in [-0.15, -0.1) is 0 Å². The zero-order chi connectivity index (χ0) is 18.7. The third-order valence-corrected chi connectivity index (χ3v) is 4.11. The number of aromatic nitrogens is 1. The molecule has 0 saturated carbocycles. The van der Waals surface area contributed by atoms with Crippen LogP contribution < -0.4 is 5.32 Å². The molecule has 3 aromatic rings. The quantitative estimate of drug-likeness (QED) is 0.639. The summed E-state index contributed by atoms with van der Waals surface area (Å²) in [5.74, 6) is -0.114. The molecule has 0 aliphatic heterocycles. The first-order valence-corrected chi connectivity index (χ1v) is 8.78. The van der Waals surface area contributed by atoms with E-state index in [0.717, 1.165) is 22.2 Å². The Bertz CT molecular complexity index is 963. The maximum atomic E-state index is 12.5. The van der Waals surface area contributed by atoms with Crippen molar-refractivity contribution in [2.24, 2.45) is 5.41 Å². The van der Waals surface area contributed by atoms with Crippen molar-refractivity contribution in [3.63, 3.8) is 0 Å². The van der Waals surface area contributed by atoms with Crippen LogP contribution in [0, 0.1) is 5.41 Å². The van der Waals surface area contributed by atoms with Crippen molar-refractivity contribution in [3.8, 4) is 0 Å². The predicted octanol–water partition coefficient (Wildman–Crippen LogP) is 5.94. The van der Waals surface area contributed by atoms with E-state index in [1.165, 1.54) is 5.57 Å². The first kappa shape index (κ1) is 17.9. The van der Waals surface area contributed by atoms with E-state index in [9.17, 15) is 4.79 Å². The third-order valence-electron chi connectivity index (χ3n) is 4.11. The minimum Gasteiger partial charge on any atom is -0.322 e. The van der Waals surface area contributed by atoms with Gasteiger partial charge in [0.1, 0.15) is 0 Å². The van der Waals surface area contributed by atoms with Gasteiger partial charge in [-0.1, -0.05) is 45.0 Å². The molecule has 1 aromatic heterocycles. The van der Waals surface area contributed by atoms with Gasteiger partial charge in [0.2, 0.25) is 0 Å². The highest BCUT2D eigenvalue weighted by Crippen LogP contribution is 2.24. The highest BCUT2D eigenvalue weighted by Gasteiger charge is 2.09. The van der Waals surface area contributed by atoms with E-state index in [-0.39, 0.29) is 11.3 Å². The molecule has 1 amide bonds. The monoisotopic (exact) mass is 344 g/mol. The van der Waals surface area contributed by atoms with Crippen LogP contribution in [-0.4, -0.2) is 10.9 Å². The minimum absolute atomic E-state index is 0.114. The lowest BCUT2D eigenvalue weighted by molar-refractivity contribution is 0.102. The Morgan fingerprint density at radius 2 is 1.69 bits per heavy atom. The lowest BCUT2D eigenvalue weighted by atomic mass is 9.91. The fourth-order valence-corrected chi connectivity index (χ4v) is 2.97. The Balaban J connectivity index is 1.76. The zero-order valence-electron chi connectivity index (χ0n) is 15.7. The molecule has 0 aliphatic carbocycles. The van der Waals surface area contributed by atoms with Gasteiger partial charge in [0, 0.05) is 22.8 Å². The molecule has 0 aliphatic rings. The molecular weight excluding hydrogens is 320 g/mol. The number of benzene rings is 2. The van der Waals surface area contributed by atoms with Crippen molar-refractivity contribution in [1.29, 1.82) is 0 Å². The fourth-order valence-electron chi connectivity index (χ4n) is 2.97. The summed E-state index contributed by atoms with van der Waals surface area (Å²) in [6.07, 6.45) is 4.00. The van der Waals surface area contributed by atoms with E-state index in [2.05, 4.69) is 44.1 Å². The smallest absolute Gasteiger partial charge is 0.255 e. The van der Waals surface area contributed by atoms with Crippen LogP contribution in [0.5, 0.6) is 0 Å². The Hall–Kier alpha value is -2.94. The van der Waals surface area contributed by atoms with E-state index >= 15 is 0 Å². The van der Waals surface area contributed by atoms with Gasteiger partial charge in [0.05, 0.1) is 5.52 Å². The summed E-state index contributed by atoms with van der Waals surface area (Å²) in [5.41, 5.74) is 4.80. The summed E-state index contributed by atoms with van der Waals surface area (Å²) < 4.78 is 0. The molecule has 1 N–H and O–H groups in total. The molecule has 2 aromatic carbocycles. The predicted molar refractivity (Wildman–Crippen MR) is 109 cm³/mol. The summed E-state index contributed by atoms with van der Waals surface area (Å²) in [5, 5.41) is 3.96. The van der Waals surface area contributed by atoms with Crippen molar-refractivity contribution in [2.45, 2.75) is 27.7 Å². The minimum atomic E-state index is -0.114. The van der Waals surface area contributed by atoms with Gasteiger partial charge in [-0.05, 0) is 59.9 Å². The molecule has 3 heteroatoms. The highest BCUT2D eigenvalue weighted by molar-refractivity contribution is 6.05. The van der Waals surface area contributed by atoms with Gasteiger partial charge in [-0.2, -0.15) is 0 Å². The molecule has 1 heterocycles. The SMILES string of the molecule is C/C(=C/C(C)(C)C)c1ccc(C(=O)Nc2ccc3ncccc3c2)cc1. The molecule has 3 nitrogen and oxygen atoms in total. The van der Waals surface area contributed by atoms with Crippen LogP contribution in [0.4, 0.5) is 5.69 Å². The number of amides is 1. The van der Waals surface area contributed by atoms with Crippen LogP contribution in [0.15, 0.2) is 66.9 Å². The van der Waals surface area contributed by atoms with Gasteiger partial charge in [-0.25, -0.2) is 0 Å². The van der Waals surface area contributed by atoms with Crippen LogP contribution >= 0.6 is 0 Å². The number of nitrogens with zero attached hydrogens (tertiary/aromatic N) is 1.